The molecule has 4 atom stereocenters. The number of aromatic amines is 1. The van der Waals surface area contributed by atoms with Crippen LogP contribution in [-0.2, 0) is 4.74 Å². The summed E-state index contributed by atoms with van der Waals surface area (Å²) in [5.74, 6) is 1.65. The average molecular weight is 309 g/mol. The number of rotatable bonds is 2. The molecule has 0 amide bonds. The van der Waals surface area contributed by atoms with Crippen LogP contribution in [0.1, 0.15) is 6.23 Å². The first kappa shape index (κ1) is 14.5. The van der Waals surface area contributed by atoms with Crippen LogP contribution >= 0.6 is 0 Å². The molecule has 0 saturated carbocycles. The predicted octanol–water partition coefficient (Wildman–Crippen LogP) is -1.71. The summed E-state index contributed by atoms with van der Waals surface area (Å²) in [6.45, 7) is -0.631. The first-order chi connectivity index (χ1) is 10.4. The molecule has 0 aliphatic carbocycles. The number of H-pyrrole nitrogens is 1. The SMILES string of the molecule is C#C[C@@]1(F)C(O)[C@@H](CO)O[C@H]1n1cnc2c(=O)[nH]c(N)nc21. The van der Waals surface area contributed by atoms with Gasteiger partial charge in [0.05, 0.1) is 12.9 Å². The zero-order valence-electron chi connectivity index (χ0n) is 11.1. The van der Waals surface area contributed by atoms with Gasteiger partial charge >= 0.3 is 0 Å². The van der Waals surface area contributed by atoms with Gasteiger partial charge in [-0.3, -0.25) is 14.3 Å². The molecule has 1 aliphatic rings. The number of nitrogen functional groups attached to an aromatic ring is 1. The highest BCUT2D eigenvalue weighted by Crippen LogP contribution is 2.41. The Bertz CT molecular complexity index is 827. The number of aliphatic hydroxyl groups is 2. The number of fused-ring (bicyclic) bond motifs is 1. The highest BCUT2D eigenvalue weighted by Gasteiger charge is 2.57. The third-order valence-electron chi connectivity index (χ3n) is 3.55. The molecule has 3 rings (SSSR count). The van der Waals surface area contributed by atoms with Crippen LogP contribution in [-0.4, -0.2) is 54.2 Å². The van der Waals surface area contributed by atoms with Crippen LogP contribution in [0.2, 0.25) is 0 Å². The smallest absolute Gasteiger partial charge is 0.280 e. The molecule has 3 heterocycles. The van der Waals surface area contributed by atoms with Gasteiger partial charge in [0.15, 0.2) is 17.4 Å². The summed E-state index contributed by atoms with van der Waals surface area (Å²) in [5, 5.41) is 19.1. The van der Waals surface area contributed by atoms with Crippen molar-refractivity contribution in [2.75, 3.05) is 12.3 Å². The van der Waals surface area contributed by atoms with Gasteiger partial charge in [0, 0.05) is 0 Å². The van der Waals surface area contributed by atoms with E-state index in [4.69, 9.17) is 22.0 Å². The first-order valence-electron chi connectivity index (χ1n) is 6.25. The predicted molar refractivity (Wildman–Crippen MR) is 72.2 cm³/mol. The molecule has 0 bridgehead atoms. The van der Waals surface area contributed by atoms with E-state index in [-0.39, 0.29) is 17.1 Å². The van der Waals surface area contributed by atoms with Crippen molar-refractivity contribution in [3.05, 3.63) is 16.7 Å². The molecule has 116 valence electrons. The zero-order valence-corrected chi connectivity index (χ0v) is 11.1. The molecule has 10 heteroatoms. The van der Waals surface area contributed by atoms with Crippen LogP contribution < -0.4 is 11.3 Å². The lowest BCUT2D eigenvalue weighted by atomic mass is 9.97. The summed E-state index contributed by atoms with van der Waals surface area (Å²) in [4.78, 5) is 21.7. The molecule has 0 spiro atoms. The Balaban J connectivity index is 2.19. The minimum Gasteiger partial charge on any atom is -0.394 e. The van der Waals surface area contributed by atoms with Crippen LogP contribution in [0.25, 0.3) is 11.2 Å². The molecule has 1 fully saturated rings. The Labute approximate surface area is 122 Å². The number of alkyl halides is 1. The maximum Gasteiger partial charge on any atom is 0.280 e. The molecule has 5 N–H and O–H groups in total. The molecule has 0 radical (unpaired) electrons. The van der Waals surface area contributed by atoms with E-state index >= 15 is 0 Å². The Morgan fingerprint density at radius 3 is 3.05 bits per heavy atom. The van der Waals surface area contributed by atoms with Crippen molar-refractivity contribution < 1.29 is 19.3 Å². The number of aliphatic hydroxyl groups excluding tert-OH is 2. The first-order valence-corrected chi connectivity index (χ1v) is 6.25. The monoisotopic (exact) mass is 309 g/mol. The van der Waals surface area contributed by atoms with Crippen molar-refractivity contribution in [3.63, 3.8) is 0 Å². The second-order valence-electron chi connectivity index (χ2n) is 4.84. The maximum absolute atomic E-state index is 14.9. The van der Waals surface area contributed by atoms with Gasteiger partial charge in [-0.15, -0.1) is 6.42 Å². The van der Waals surface area contributed by atoms with E-state index in [1.54, 1.807) is 0 Å². The van der Waals surface area contributed by atoms with Gasteiger partial charge in [0.25, 0.3) is 5.56 Å². The van der Waals surface area contributed by atoms with Crippen molar-refractivity contribution in [2.24, 2.45) is 0 Å². The molecule has 1 aliphatic heterocycles. The summed E-state index contributed by atoms with van der Waals surface area (Å²) < 4.78 is 21.3. The Morgan fingerprint density at radius 2 is 2.41 bits per heavy atom. The van der Waals surface area contributed by atoms with E-state index in [9.17, 15) is 14.3 Å². The fourth-order valence-corrected chi connectivity index (χ4v) is 2.44. The third kappa shape index (κ3) is 1.80. The Hall–Kier alpha value is -2.48. The van der Waals surface area contributed by atoms with Gasteiger partial charge < -0.3 is 20.7 Å². The highest BCUT2D eigenvalue weighted by atomic mass is 19.1. The van der Waals surface area contributed by atoms with Crippen molar-refractivity contribution in [1.82, 2.24) is 19.5 Å². The molecule has 1 unspecified atom stereocenters. The van der Waals surface area contributed by atoms with Gasteiger partial charge in [-0.05, 0) is 0 Å². The molecule has 22 heavy (non-hydrogen) atoms. The van der Waals surface area contributed by atoms with E-state index in [0.29, 0.717) is 0 Å². The Kier molecular flexibility index (Phi) is 3.13. The fourth-order valence-electron chi connectivity index (χ4n) is 2.44. The normalized spacial score (nSPS) is 31.5. The van der Waals surface area contributed by atoms with E-state index in [0.717, 1.165) is 10.9 Å². The number of halogens is 1. The van der Waals surface area contributed by atoms with E-state index in [2.05, 4.69) is 15.0 Å². The van der Waals surface area contributed by atoms with Crippen LogP contribution in [0.15, 0.2) is 11.1 Å². The van der Waals surface area contributed by atoms with E-state index in [1.165, 1.54) is 0 Å². The minimum absolute atomic E-state index is 0.0469. The van der Waals surface area contributed by atoms with Crippen molar-refractivity contribution in [2.45, 2.75) is 24.1 Å². The van der Waals surface area contributed by atoms with Gasteiger partial charge in [-0.1, -0.05) is 5.92 Å². The lowest BCUT2D eigenvalue weighted by molar-refractivity contribution is -0.0504. The van der Waals surface area contributed by atoms with Gasteiger partial charge in [0.1, 0.15) is 12.2 Å². The zero-order chi connectivity index (χ0) is 16.1. The van der Waals surface area contributed by atoms with E-state index in [1.807, 2.05) is 5.92 Å². The third-order valence-corrected chi connectivity index (χ3v) is 3.55. The molecule has 2 aromatic heterocycles. The Morgan fingerprint density at radius 1 is 1.68 bits per heavy atom. The largest absolute Gasteiger partial charge is 0.394 e. The highest BCUT2D eigenvalue weighted by molar-refractivity contribution is 5.70. The topological polar surface area (TPSA) is 139 Å². The van der Waals surface area contributed by atoms with Crippen molar-refractivity contribution >= 4 is 17.1 Å². The van der Waals surface area contributed by atoms with Crippen LogP contribution in [0.5, 0.6) is 0 Å². The van der Waals surface area contributed by atoms with Gasteiger partial charge in [-0.2, -0.15) is 4.98 Å². The summed E-state index contributed by atoms with van der Waals surface area (Å²) in [6, 6.07) is 0. The number of imidazole rings is 1. The standard InChI is InChI=1S/C12H12FN5O4/c1-2-12(13)7(20)5(3-19)22-10(12)18-4-15-6-8(18)16-11(14)17-9(6)21/h1,4-5,7,10,19-20H,3H2,(H3,14,16,17,21)/t5-,7?,10-,12-/m1/s1. The van der Waals surface area contributed by atoms with Crippen LogP contribution in [0.3, 0.4) is 0 Å². The number of aromatic nitrogens is 4. The summed E-state index contributed by atoms with van der Waals surface area (Å²) in [6.07, 6.45) is 1.81. The quantitative estimate of drug-likeness (QED) is 0.484. The van der Waals surface area contributed by atoms with Gasteiger partial charge in [-0.25, -0.2) is 9.37 Å². The lowest BCUT2D eigenvalue weighted by Gasteiger charge is -2.23. The summed E-state index contributed by atoms with van der Waals surface area (Å²) in [7, 11) is 0. The molecule has 0 aromatic carbocycles. The number of hydrogen-bond acceptors (Lipinski definition) is 7. The summed E-state index contributed by atoms with van der Waals surface area (Å²) in [5.41, 5.74) is 2.10. The number of nitrogens with zero attached hydrogens (tertiary/aromatic N) is 3. The number of hydrogen-bond donors (Lipinski definition) is 4. The molecule has 2 aromatic rings. The number of nitrogens with one attached hydrogen (secondary N) is 1. The lowest BCUT2D eigenvalue weighted by Crippen LogP contribution is -2.42. The van der Waals surface area contributed by atoms with Crippen LogP contribution in [0.4, 0.5) is 10.3 Å². The number of ether oxygens (including phenoxy) is 1. The van der Waals surface area contributed by atoms with Crippen molar-refractivity contribution in [3.8, 4) is 12.3 Å². The van der Waals surface area contributed by atoms with Crippen LogP contribution in [0, 0.1) is 12.3 Å². The van der Waals surface area contributed by atoms with Crippen molar-refractivity contribution in [1.29, 1.82) is 0 Å². The second-order valence-corrected chi connectivity index (χ2v) is 4.84. The second kappa shape index (κ2) is 4.77. The summed E-state index contributed by atoms with van der Waals surface area (Å²) >= 11 is 0. The molecular formula is C12H12FN5O4. The number of terminal acetylenes is 1. The van der Waals surface area contributed by atoms with Gasteiger partial charge in [0.2, 0.25) is 11.6 Å². The number of anilines is 1. The molecular weight excluding hydrogens is 297 g/mol. The maximum atomic E-state index is 14.9. The number of nitrogens with two attached hydrogens (primary N) is 1. The van der Waals surface area contributed by atoms with E-state index < -0.39 is 36.3 Å². The minimum atomic E-state index is -2.62. The molecule has 1 saturated heterocycles. The fraction of sp³-hybridized carbons (Fsp3) is 0.417. The molecule has 9 nitrogen and oxygen atoms in total. The average Bonchev–Trinajstić information content (AvgIpc) is 3.00.